The van der Waals surface area contributed by atoms with Crippen LogP contribution >= 0.6 is 0 Å². The molecule has 0 nitrogen and oxygen atoms in total. The molecule has 4 aromatic rings. The molecule has 2 aliphatic carbocycles. The van der Waals surface area contributed by atoms with Crippen LogP contribution in [-0.2, 0) is 34.1 Å². The minimum atomic E-state index is -2.55. The number of rotatable bonds is 6. The van der Waals surface area contributed by atoms with Crippen molar-refractivity contribution in [2.24, 2.45) is 0 Å². The van der Waals surface area contributed by atoms with Crippen LogP contribution < -0.4 is 0 Å². The van der Waals surface area contributed by atoms with Gasteiger partial charge in [0.2, 0.25) is 0 Å². The van der Waals surface area contributed by atoms with E-state index in [0.717, 1.165) is 19.3 Å². The van der Waals surface area contributed by atoms with Gasteiger partial charge in [0.05, 0.1) is 0 Å². The van der Waals surface area contributed by atoms with Crippen molar-refractivity contribution in [3.63, 3.8) is 0 Å². The van der Waals surface area contributed by atoms with E-state index in [9.17, 15) is 0 Å². The van der Waals surface area contributed by atoms with Gasteiger partial charge in [-0.15, -0.1) is 0 Å². The number of aryl methyl sites for hydroxylation is 2. The van der Waals surface area contributed by atoms with Crippen molar-refractivity contribution in [2.45, 2.75) is 36.7 Å². The summed E-state index contributed by atoms with van der Waals surface area (Å²) in [4.78, 5) is 0. The zero-order chi connectivity index (χ0) is 24.5. The third-order valence-electron chi connectivity index (χ3n) is 7.76. The first-order chi connectivity index (χ1) is 17.8. The van der Waals surface area contributed by atoms with Gasteiger partial charge in [-0.3, -0.25) is 0 Å². The first kappa shape index (κ1) is 23.5. The predicted octanol–water partition coefficient (Wildman–Crippen LogP) is 8.61. The fraction of sp³-hybridized carbons (Fsp3) is 0.171. The molecule has 176 valence electrons. The summed E-state index contributed by atoms with van der Waals surface area (Å²) in [6, 6.07) is 37.1. The zero-order valence-corrected chi connectivity index (χ0v) is 23.6. The number of hydrogen-bond acceptors (Lipinski definition) is 0. The van der Waals surface area contributed by atoms with E-state index < -0.39 is 21.3 Å². The van der Waals surface area contributed by atoms with Gasteiger partial charge in [0.25, 0.3) is 0 Å². The number of fused-ring (bicyclic) bond motifs is 3. The van der Waals surface area contributed by atoms with E-state index in [1.165, 1.54) is 33.4 Å². The molecule has 0 unspecified atom stereocenters. The second kappa shape index (κ2) is 10.2. The molecule has 36 heavy (non-hydrogen) atoms. The Balaban J connectivity index is 1.72. The van der Waals surface area contributed by atoms with Crippen molar-refractivity contribution in [3.8, 4) is 11.1 Å². The van der Waals surface area contributed by atoms with Crippen molar-refractivity contribution < 1.29 is 21.3 Å². The summed E-state index contributed by atoms with van der Waals surface area (Å²) in [5.74, 6) is 0. The van der Waals surface area contributed by atoms with Crippen LogP contribution in [0.15, 0.2) is 119 Å². The van der Waals surface area contributed by atoms with E-state index in [4.69, 9.17) is 0 Å². The summed E-state index contributed by atoms with van der Waals surface area (Å²) in [6.07, 6.45) is 10.4. The summed E-state index contributed by atoms with van der Waals surface area (Å²) >= 11 is -2.55. The van der Waals surface area contributed by atoms with Crippen LogP contribution in [0.3, 0.4) is 0 Å². The van der Waals surface area contributed by atoms with Crippen LogP contribution in [0.2, 0.25) is 0 Å². The molecule has 0 heterocycles. The molecular formula is C35H32Zr. The Labute approximate surface area is 223 Å². The quantitative estimate of drug-likeness (QED) is 0.228. The van der Waals surface area contributed by atoms with Crippen LogP contribution in [-0.4, -0.2) is 3.21 Å². The van der Waals surface area contributed by atoms with Crippen LogP contribution in [0.25, 0.3) is 11.1 Å². The van der Waals surface area contributed by atoms with E-state index >= 15 is 0 Å². The minimum absolute atomic E-state index is 0.483. The Morgan fingerprint density at radius 3 is 1.67 bits per heavy atom. The standard InChI is InChI=1S/C17H17.C13H10.C5H5.Zr/c1-3-12-5-7-16-14(9-12)11-15-10-13(4-2)6-8-17(15)16;1-3-7-12(8-4-1)11-13-9-5-2-6-10-13;1-2-4-5-3-1;/h5-11H,3-4H2,1-2H3;1-10H;1-3H,4H2;. The van der Waals surface area contributed by atoms with Gasteiger partial charge in [0, 0.05) is 0 Å². The van der Waals surface area contributed by atoms with Gasteiger partial charge < -0.3 is 0 Å². The Kier molecular flexibility index (Phi) is 6.68. The molecular weight excluding hydrogens is 512 g/mol. The molecule has 6 rings (SSSR count). The van der Waals surface area contributed by atoms with Gasteiger partial charge in [0.15, 0.2) is 0 Å². The summed E-state index contributed by atoms with van der Waals surface area (Å²) in [6.45, 7) is 4.56. The maximum atomic E-state index is 2.54. The second-order valence-corrected chi connectivity index (χ2v) is 16.1. The Morgan fingerprint density at radius 2 is 1.22 bits per heavy atom. The topological polar surface area (TPSA) is 0 Å². The summed E-state index contributed by atoms with van der Waals surface area (Å²) in [5, 5.41) is 0. The Hall–Kier alpha value is -2.89. The van der Waals surface area contributed by atoms with Crippen LogP contribution in [0.5, 0.6) is 0 Å². The molecule has 2 aliphatic rings. The maximum absolute atomic E-state index is 2.55. The molecule has 4 aromatic carbocycles. The number of hydrogen-bond donors (Lipinski definition) is 0. The first-order valence-electron chi connectivity index (χ1n) is 13.3. The third-order valence-corrected chi connectivity index (χ3v) is 16.1. The van der Waals surface area contributed by atoms with Crippen molar-refractivity contribution >= 4 is 3.21 Å². The van der Waals surface area contributed by atoms with E-state index in [0.29, 0.717) is 3.63 Å². The van der Waals surface area contributed by atoms with Crippen molar-refractivity contribution in [2.75, 3.05) is 0 Å². The second-order valence-electron chi connectivity index (χ2n) is 9.83. The molecule has 0 aromatic heterocycles. The SMILES string of the molecule is CCc1ccc2c(c1)[CH]([Zr]([C]1=CC=CC1)=[C](c1ccccc1)c1ccccc1)c1cc(CC)ccc1-2. The predicted molar refractivity (Wildman–Crippen MR) is 150 cm³/mol. The molecule has 0 radical (unpaired) electrons. The van der Waals surface area contributed by atoms with E-state index in [-0.39, 0.29) is 0 Å². The van der Waals surface area contributed by atoms with Gasteiger partial charge in [0.1, 0.15) is 0 Å². The van der Waals surface area contributed by atoms with E-state index in [2.05, 4.69) is 129 Å². The zero-order valence-electron chi connectivity index (χ0n) is 21.2. The molecule has 0 saturated heterocycles. The summed E-state index contributed by atoms with van der Waals surface area (Å²) < 4.78 is 3.81. The van der Waals surface area contributed by atoms with Gasteiger partial charge >= 0.3 is 224 Å². The van der Waals surface area contributed by atoms with Gasteiger partial charge in [-0.2, -0.15) is 0 Å². The van der Waals surface area contributed by atoms with Crippen LogP contribution in [0.4, 0.5) is 0 Å². The first-order valence-corrected chi connectivity index (χ1v) is 17.1. The molecule has 0 N–H and O–H groups in total. The normalized spacial score (nSPS) is 13.9. The third kappa shape index (κ3) is 4.18. The van der Waals surface area contributed by atoms with Gasteiger partial charge in [-0.05, 0) is 0 Å². The average Bonchev–Trinajstić information content (AvgIpc) is 3.58. The summed E-state index contributed by atoms with van der Waals surface area (Å²) in [5.41, 5.74) is 11.8. The molecule has 0 fully saturated rings. The van der Waals surface area contributed by atoms with Crippen molar-refractivity contribution in [3.05, 3.63) is 152 Å². The van der Waals surface area contributed by atoms with Crippen molar-refractivity contribution in [1.29, 1.82) is 0 Å². The molecule has 0 atom stereocenters. The van der Waals surface area contributed by atoms with Gasteiger partial charge in [-0.25, -0.2) is 0 Å². The van der Waals surface area contributed by atoms with E-state index in [1.54, 1.807) is 17.6 Å². The Bertz CT molecular complexity index is 1410. The summed E-state index contributed by atoms with van der Waals surface area (Å²) in [7, 11) is 0. The molecule has 0 saturated carbocycles. The molecule has 0 spiro atoms. The van der Waals surface area contributed by atoms with Crippen molar-refractivity contribution in [1.82, 2.24) is 0 Å². The average molecular weight is 544 g/mol. The van der Waals surface area contributed by atoms with Gasteiger partial charge in [-0.1, -0.05) is 0 Å². The Morgan fingerprint density at radius 1 is 0.694 bits per heavy atom. The number of benzene rings is 4. The molecule has 0 bridgehead atoms. The fourth-order valence-electron chi connectivity index (χ4n) is 5.94. The molecule has 1 heteroatoms. The van der Waals surface area contributed by atoms with Crippen LogP contribution in [0.1, 0.15) is 57.3 Å². The van der Waals surface area contributed by atoms with Crippen LogP contribution in [0, 0.1) is 0 Å². The molecule has 0 aliphatic heterocycles. The molecule has 0 amide bonds. The monoisotopic (exact) mass is 542 g/mol. The van der Waals surface area contributed by atoms with E-state index in [1.807, 2.05) is 0 Å². The number of allylic oxidation sites excluding steroid dienone is 4. The fourth-order valence-corrected chi connectivity index (χ4v) is 14.9.